The molecule has 0 bridgehead atoms. The molecule has 12 nitrogen and oxygen atoms in total. The molecule has 2 saturated carbocycles. The molecule has 436 valence electrons. The molecule has 4 atom stereocenters. The lowest BCUT2D eigenvalue weighted by Crippen LogP contribution is -2.30. The van der Waals surface area contributed by atoms with Crippen molar-refractivity contribution in [3.8, 4) is 23.0 Å². The van der Waals surface area contributed by atoms with Crippen molar-refractivity contribution in [2.45, 2.75) is 130 Å². The highest BCUT2D eigenvalue weighted by molar-refractivity contribution is 5.98. The molecule has 0 saturated heterocycles. The number of carbonyl (C=O) groups is 2. The van der Waals surface area contributed by atoms with E-state index < -0.39 is 50.2 Å². The van der Waals surface area contributed by atoms with E-state index in [2.05, 4.69) is 51.0 Å². The first-order valence-electron chi connectivity index (χ1n) is 25.4. The fraction of sp³-hybridized carbons (Fsp3) is 0.500. The molecule has 2 aliphatic rings. The van der Waals surface area contributed by atoms with Gasteiger partial charge in [-0.3, -0.25) is 0 Å². The van der Waals surface area contributed by atoms with Crippen LogP contribution < -0.4 is 18.9 Å². The van der Waals surface area contributed by atoms with E-state index in [1.165, 1.54) is 72.8 Å². The second-order valence-electron chi connectivity index (χ2n) is 22.1. The molecule has 2 fully saturated rings. The molecule has 2 heterocycles. The summed E-state index contributed by atoms with van der Waals surface area (Å²) in [7, 11) is 2.23. The molecule has 0 amide bonds. The van der Waals surface area contributed by atoms with Gasteiger partial charge in [-0.25, -0.2) is 19.6 Å². The molecule has 0 spiro atoms. The monoisotopic (exact) mass is 1140 g/mol. The predicted octanol–water partition coefficient (Wildman–Crippen LogP) is 15.3. The molecule has 24 heteroatoms. The molecule has 80 heavy (non-hydrogen) atoms. The zero-order valence-corrected chi connectivity index (χ0v) is 44.9. The van der Waals surface area contributed by atoms with Crippen molar-refractivity contribution in [1.29, 1.82) is 0 Å². The predicted molar refractivity (Wildman–Crippen MR) is 269 cm³/mol. The zero-order valence-electron chi connectivity index (χ0n) is 44.9. The average molecular weight is 1150 g/mol. The van der Waals surface area contributed by atoms with Crippen LogP contribution in [0.15, 0.2) is 72.8 Å². The number of benzene rings is 4. The molecular formula is C56H60F12N4O8. The first-order chi connectivity index (χ1) is 37.1. The van der Waals surface area contributed by atoms with Crippen LogP contribution in [0.25, 0.3) is 22.1 Å². The molecule has 6 aromatic rings. The van der Waals surface area contributed by atoms with Crippen LogP contribution in [0.5, 0.6) is 23.0 Å². The number of fused-ring (bicyclic) bond motifs is 2. The Morgan fingerprint density at radius 3 is 1.16 bits per heavy atom. The van der Waals surface area contributed by atoms with Crippen LogP contribution >= 0.6 is 0 Å². The molecule has 0 unspecified atom stereocenters. The van der Waals surface area contributed by atoms with Crippen molar-refractivity contribution in [3.63, 3.8) is 0 Å². The summed E-state index contributed by atoms with van der Waals surface area (Å²) in [5.41, 5.74) is 2.58. The third-order valence-corrected chi connectivity index (χ3v) is 13.8. The molecule has 2 aromatic heterocycles. The minimum absolute atomic E-state index is 0.0195. The van der Waals surface area contributed by atoms with Crippen molar-refractivity contribution in [2.24, 2.45) is 22.7 Å². The molecule has 0 N–H and O–H groups in total. The van der Waals surface area contributed by atoms with Crippen molar-refractivity contribution < 1.29 is 90.7 Å². The first kappa shape index (κ1) is 60.8. The summed E-state index contributed by atoms with van der Waals surface area (Å²) in [4.78, 5) is 34.3. The Labute approximate surface area is 452 Å². The maximum absolute atomic E-state index is 13.0. The molecule has 4 aromatic carbocycles. The van der Waals surface area contributed by atoms with Gasteiger partial charge >= 0.3 is 37.0 Å². The maximum Gasteiger partial charge on any atom is 0.573 e. The Balaban J connectivity index is 0.000000231. The summed E-state index contributed by atoms with van der Waals surface area (Å²) in [6.07, 6.45) is -13.3. The van der Waals surface area contributed by atoms with Crippen molar-refractivity contribution in [1.82, 2.24) is 19.1 Å². The number of rotatable bonds is 14. The van der Waals surface area contributed by atoms with E-state index in [1.807, 2.05) is 9.13 Å². The number of halogens is 12. The maximum atomic E-state index is 13.0. The average Bonchev–Trinajstić information content (AvgIpc) is 3.86. The van der Waals surface area contributed by atoms with Crippen LogP contribution in [0.3, 0.4) is 0 Å². The highest BCUT2D eigenvalue weighted by atomic mass is 19.4. The molecule has 0 radical (unpaired) electrons. The Morgan fingerprint density at radius 2 is 0.875 bits per heavy atom. The summed E-state index contributed by atoms with van der Waals surface area (Å²) < 4.78 is 185. The normalized spacial score (nSPS) is 19.4. The van der Waals surface area contributed by atoms with Crippen LogP contribution in [0.4, 0.5) is 52.7 Å². The number of alkyl halides is 12. The molecule has 2 aliphatic carbocycles. The zero-order chi connectivity index (χ0) is 58.9. The lowest BCUT2D eigenvalue weighted by atomic mass is 9.70. The lowest BCUT2D eigenvalue weighted by Gasteiger charge is -2.40. The van der Waals surface area contributed by atoms with Gasteiger partial charge in [-0.1, -0.05) is 65.8 Å². The van der Waals surface area contributed by atoms with Crippen LogP contribution in [-0.2, 0) is 22.3 Å². The number of hydrogen-bond donors (Lipinski definition) is 0. The van der Waals surface area contributed by atoms with E-state index in [4.69, 9.17) is 28.9 Å². The Morgan fingerprint density at radius 1 is 0.537 bits per heavy atom. The third kappa shape index (κ3) is 16.2. The van der Waals surface area contributed by atoms with Gasteiger partial charge in [-0.2, -0.15) is 26.3 Å². The van der Waals surface area contributed by atoms with Gasteiger partial charge in [0.25, 0.3) is 0 Å². The standard InChI is InChI=1S/2C28H30F6N2O4/c2*1-16-9-18(14-26(2,3)13-16)36-22-12-23(39-15-27(29,30)31)20(25(37)38-4)11-21(22)35-24(36)10-17-5-7-19(8-6-17)40-28(32,33)34/h2*5-8,11-12,16,18H,9-10,13-15H2,1-4H3/t2*16-,18+/m10/s1. The van der Waals surface area contributed by atoms with E-state index in [1.54, 1.807) is 0 Å². The van der Waals surface area contributed by atoms with Gasteiger partial charge in [0.15, 0.2) is 13.2 Å². The quantitative estimate of drug-likeness (QED) is 0.0769. The Kier molecular flexibility index (Phi) is 17.7. The largest absolute Gasteiger partial charge is 0.573 e. The van der Waals surface area contributed by atoms with E-state index in [-0.39, 0.29) is 69.9 Å². The summed E-state index contributed by atoms with van der Waals surface area (Å²) >= 11 is 0. The summed E-state index contributed by atoms with van der Waals surface area (Å²) in [5.74, 6) is -1.20. The second-order valence-corrected chi connectivity index (χ2v) is 22.1. The van der Waals surface area contributed by atoms with Crippen LogP contribution in [-0.4, -0.2) is 83.6 Å². The number of hydrogen-bond acceptors (Lipinski definition) is 10. The minimum atomic E-state index is -4.82. The smallest absolute Gasteiger partial charge is 0.483 e. The van der Waals surface area contributed by atoms with E-state index >= 15 is 0 Å². The van der Waals surface area contributed by atoms with Gasteiger partial charge in [0.1, 0.15) is 45.8 Å². The summed E-state index contributed by atoms with van der Waals surface area (Å²) in [5, 5.41) is 0. The molecular weight excluding hydrogens is 1080 g/mol. The fourth-order valence-electron chi connectivity index (χ4n) is 11.5. The first-order valence-corrected chi connectivity index (χ1v) is 25.4. The van der Waals surface area contributed by atoms with E-state index in [9.17, 15) is 62.3 Å². The summed E-state index contributed by atoms with van der Waals surface area (Å²) in [6, 6.07) is 16.2. The van der Waals surface area contributed by atoms with Gasteiger partial charge < -0.3 is 37.6 Å². The van der Waals surface area contributed by atoms with Crippen LogP contribution in [0.1, 0.15) is 136 Å². The Hall–Kier alpha value is -6.88. The van der Waals surface area contributed by atoms with Crippen molar-refractivity contribution >= 4 is 34.0 Å². The highest BCUT2D eigenvalue weighted by Gasteiger charge is 2.39. The number of aromatic nitrogens is 4. The van der Waals surface area contributed by atoms with Gasteiger partial charge in [0.05, 0.1) is 36.3 Å². The number of carbonyl (C=O) groups excluding carboxylic acids is 2. The van der Waals surface area contributed by atoms with Gasteiger partial charge in [-0.05, 0) is 109 Å². The second kappa shape index (κ2) is 23.3. The summed E-state index contributed by atoms with van der Waals surface area (Å²) in [6.45, 7) is 9.70. The van der Waals surface area contributed by atoms with Crippen molar-refractivity contribution in [2.75, 3.05) is 27.4 Å². The van der Waals surface area contributed by atoms with E-state index in [0.717, 1.165) is 52.7 Å². The van der Waals surface area contributed by atoms with Gasteiger partial charge in [0.2, 0.25) is 0 Å². The SMILES string of the molecule is COC(=O)c1cc2nc(Cc3ccc(OC(F)(F)F)cc3)n([C@@H]3C[C@H](C)CC(C)(C)C3)c2cc1OCC(F)(F)F.COC(=O)c1cc2nc(Cc3ccc(OC(F)(F)F)cc3)n([C@H]3C[C@@H](C)CC(C)(C)C3)c2cc1OCC(F)(F)F. The molecule has 0 aliphatic heterocycles. The van der Waals surface area contributed by atoms with Gasteiger partial charge in [-0.15, -0.1) is 26.3 Å². The topological polar surface area (TPSA) is 125 Å². The Bertz CT molecular complexity index is 2930. The number of methoxy groups -OCH3 is 2. The fourth-order valence-corrected chi connectivity index (χ4v) is 11.5. The number of nitrogens with zero attached hydrogens (tertiary/aromatic N) is 4. The van der Waals surface area contributed by atoms with Crippen molar-refractivity contribution in [3.05, 3.63) is 107 Å². The van der Waals surface area contributed by atoms with E-state index in [0.29, 0.717) is 56.7 Å². The number of ether oxygens (including phenoxy) is 6. The van der Waals surface area contributed by atoms with Gasteiger partial charge in [0, 0.05) is 37.1 Å². The number of esters is 2. The number of imidazole rings is 2. The van der Waals surface area contributed by atoms with Crippen LogP contribution in [0, 0.1) is 22.7 Å². The third-order valence-electron chi connectivity index (χ3n) is 13.8. The molecule has 8 rings (SSSR count). The van der Waals surface area contributed by atoms with Crippen LogP contribution in [0.2, 0.25) is 0 Å². The lowest BCUT2D eigenvalue weighted by molar-refractivity contribution is -0.275. The highest BCUT2D eigenvalue weighted by Crippen LogP contribution is 2.48. The minimum Gasteiger partial charge on any atom is -0.483 e.